The zero-order valence-electron chi connectivity index (χ0n) is 8.69. The molecule has 3 nitrogen and oxygen atoms in total. The summed E-state index contributed by atoms with van der Waals surface area (Å²) < 4.78 is 3.23. The van der Waals surface area contributed by atoms with Crippen LogP contribution in [-0.2, 0) is 0 Å². The number of fused-ring (bicyclic) bond motifs is 1. The maximum atomic E-state index is 6.01. The fraction of sp³-hybridized carbons (Fsp3) is 0.364. The van der Waals surface area contributed by atoms with Crippen molar-refractivity contribution in [1.29, 1.82) is 0 Å². The van der Waals surface area contributed by atoms with E-state index in [1.807, 2.05) is 23.9 Å². The molecule has 0 saturated carbocycles. The summed E-state index contributed by atoms with van der Waals surface area (Å²) in [6.45, 7) is 0. The Morgan fingerprint density at radius 2 is 2.38 bits per heavy atom. The number of anilines is 1. The first-order valence-electron chi connectivity index (χ1n) is 5.26. The van der Waals surface area contributed by atoms with Crippen molar-refractivity contribution in [3.63, 3.8) is 0 Å². The van der Waals surface area contributed by atoms with Gasteiger partial charge in [-0.3, -0.25) is 0 Å². The molecule has 3 rings (SSSR count). The molecule has 2 aromatic rings. The van der Waals surface area contributed by atoms with Crippen LogP contribution in [0.25, 0.3) is 11.0 Å². The second-order valence-corrected chi connectivity index (χ2v) is 6.06. The van der Waals surface area contributed by atoms with Crippen LogP contribution in [0.3, 0.4) is 0 Å². The van der Waals surface area contributed by atoms with E-state index in [9.17, 15) is 0 Å². The Morgan fingerprint density at radius 3 is 3.12 bits per heavy atom. The Bertz CT molecular complexity index is 531. The number of imidazole rings is 1. The number of nitrogen functional groups attached to an aromatic ring is 1. The van der Waals surface area contributed by atoms with Crippen LogP contribution >= 0.6 is 27.7 Å². The summed E-state index contributed by atoms with van der Waals surface area (Å²) >= 11 is 5.44. The quantitative estimate of drug-likeness (QED) is 0.880. The van der Waals surface area contributed by atoms with Gasteiger partial charge >= 0.3 is 0 Å². The van der Waals surface area contributed by atoms with E-state index in [2.05, 4.69) is 31.5 Å². The lowest BCUT2D eigenvalue weighted by Gasteiger charge is -2.13. The molecule has 1 unspecified atom stereocenters. The predicted molar refractivity (Wildman–Crippen MR) is 72.8 cm³/mol. The van der Waals surface area contributed by atoms with E-state index in [1.54, 1.807) is 0 Å². The number of rotatable bonds is 1. The molecule has 0 amide bonds. The van der Waals surface area contributed by atoms with Crippen molar-refractivity contribution in [2.75, 3.05) is 17.2 Å². The van der Waals surface area contributed by atoms with Crippen LogP contribution in [0, 0.1) is 0 Å². The van der Waals surface area contributed by atoms with Gasteiger partial charge in [0.25, 0.3) is 0 Å². The van der Waals surface area contributed by atoms with E-state index in [4.69, 9.17) is 5.73 Å². The van der Waals surface area contributed by atoms with Crippen LogP contribution in [-0.4, -0.2) is 21.1 Å². The highest BCUT2D eigenvalue weighted by atomic mass is 79.9. The van der Waals surface area contributed by atoms with Crippen LogP contribution in [0.1, 0.15) is 12.5 Å². The Morgan fingerprint density at radius 1 is 1.50 bits per heavy atom. The molecule has 0 radical (unpaired) electrons. The van der Waals surface area contributed by atoms with Gasteiger partial charge in [0.1, 0.15) is 0 Å². The van der Waals surface area contributed by atoms with E-state index in [1.165, 1.54) is 12.2 Å². The molecule has 84 valence electrons. The largest absolute Gasteiger partial charge is 0.369 e. The van der Waals surface area contributed by atoms with Crippen LogP contribution in [0.2, 0.25) is 0 Å². The number of aromatic nitrogens is 2. The van der Waals surface area contributed by atoms with Gasteiger partial charge in [-0.25, -0.2) is 4.98 Å². The van der Waals surface area contributed by atoms with E-state index < -0.39 is 0 Å². The smallest absolute Gasteiger partial charge is 0.201 e. The number of thioether (sulfide) groups is 1. The van der Waals surface area contributed by atoms with Crippen molar-refractivity contribution in [2.45, 2.75) is 12.5 Å². The average Bonchev–Trinajstić information content (AvgIpc) is 2.83. The van der Waals surface area contributed by atoms with Gasteiger partial charge in [0.15, 0.2) is 0 Å². The molecule has 1 atom stereocenters. The maximum absolute atomic E-state index is 6.01. The third-order valence-corrected chi connectivity index (χ3v) is 4.59. The first-order valence-corrected chi connectivity index (χ1v) is 7.21. The van der Waals surface area contributed by atoms with Crippen molar-refractivity contribution in [3.8, 4) is 0 Å². The Balaban J connectivity index is 2.18. The predicted octanol–water partition coefficient (Wildman–Crippen LogP) is 3.06. The summed E-state index contributed by atoms with van der Waals surface area (Å²) in [6.07, 6.45) is 1.19. The van der Waals surface area contributed by atoms with Gasteiger partial charge in [-0.05, 0) is 30.4 Å². The first kappa shape index (κ1) is 10.5. The van der Waals surface area contributed by atoms with Gasteiger partial charge in [-0.2, -0.15) is 11.8 Å². The van der Waals surface area contributed by atoms with Crippen LogP contribution in [0.5, 0.6) is 0 Å². The zero-order chi connectivity index (χ0) is 11.1. The fourth-order valence-corrected chi connectivity index (χ4v) is 3.74. The van der Waals surface area contributed by atoms with Gasteiger partial charge in [0.05, 0.1) is 11.0 Å². The van der Waals surface area contributed by atoms with Gasteiger partial charge in [0, 0.05) is 16.3 Å². The molecule has 1 saturated heterocycles. The van der Waals surface area contributed by atoms with Crippen molar-refractivity contribution in [2.24, 2.45) is 0 Å². The molecule has 1 aromatic heterocycles. The molecule has 5 heteroatoms. The zero-order valence-corrected chi connectivity index (χ0v) is 11.1. The van der Waals surface area contributed by atoms with Crippen LogP contribution in [0.4, 0.5) is 5.95 Å². The molecule has 0 spiro atoms. The molecule has 0 aliphatic carbocycles. The van der Waals surface area contributed by atoms with E-state index in [0.29, 0.717) is 12.0 Å². The molecule has 1 aliphatic rings. The highest BCUT2D eigenvalue weighted by Gasteiger charge is 2.21. The minimum absolute atomic E-state index is 0.510. The minimum atomic E-state index is 0.510. The van der Waals surface area contributed by atoms with Gasteiger partial charge in [-0.15, -0.1) is 0 Å². The summed E-state index contributed by atoms with van der Waals surface area (Å²) in [5.41, 5.74) is 8.13. The molecule has 2 N–H and O–H groups in total. The monoisotopic (exact) mass is 297 g/mol. The average molecular weight is 298 g/mol. The standard InChI is InChI=1S/C11H12BrN3S/c12-7-1-2-10-9(5-7)14-11(13)15(10)8-3-4-16-6-8/h1-2,5,8H,3-4,6H2,(H2,13,14). The van der Waals surface area contributed by atoms with E-state index >= 15 is 0 Å². The molecule has 16 heavy (non-hydrogen) atoms. The summed E-state index contributed by atoms with van der Waals surface area (Å²) in [6, 6.07) is 6.66. The SMILES string of the molecule is Nc1nc2cc(Br)ccc2n1C1CCSC1. The Hall–Kier alpha value is -0.680. The molecule has 1 aliphatic heterocycles. The van der Waals surface area contributed by atoms with Gasteiger partial charge < -0.3 is 10.3 Å². The summed E-state index contributed by atoms with van der Waals surface area (Å²) in [5.74, 6) is 3.01. The topological polar surface area (TPSA) is 43.8 Å². The van der Waals surface area contributed by atoms with Crippen LogP contribution in [0.15, 0.2) is 22.7 Å². The van der Waals surface area contributed by atoms with Crippen molar-refractivity contribution >= 4 is 44.7 Å². The molecule has 1 aromatic carbocycles. The molecule has 1 fully saturated rings. The Kier molecular flexibility index (Phi) is 2.59. The first-order chi connectivity index (χ1) is 7.75. The lowest BCUT2D eigenvalue weighted by atomic mass is 10.2. The third-order valence-electron chi connectivity index (χ3n) is 2.95. The van der Waals surface area contributed by atoms with Crippen molar-refractivity contribution in [1.82, 2.24) is 9.55 Å². The number of hydrogen-bond donors (Lipinski definition) is 1. The summed E-state index contributed by atoms with van der Waals surface area (Å²) in [5, 5.41) is 0. The van der Waals surface area contributed by atoms with Crippen LogP contribution < -0.4 is 5.73 Å². The normalized spacial score (nSPS) is 20.7. The summed E-state index contributed by atoms with van der Waals surface area (Å²) in [4.78, 5) is 4.42. The second kappa shape index (κ2) is 3.96. The molecular formula is C11H12BrN3S. The maximum Gasteiger partial charge on any atom is 0.201 e. The third kappa shape index (κ3) is 1.62. The van der Waals surface area contributed by atoms with Crippen molar-refractivity contribution < 1.29 is 0 Å². The second-order valence-electron chi connectivity index (χ2n) is 3.99. The fourth-order valence-electron chi connectivity index (χ4n) is 2.20. The molecule has 2 heterocycles. The molecule has 0 bridgehead atoms. The van der Waals surface area contributed by atoms with Gasteiger partial charge in [0.2, 0.25) is 5.95 Å². The lowest BCUT2D eigenvalue weighted by Crippen LogP contribution is -2.10. The summed E-state index contributed by atoms with van der Waals surface area (Å²) in [7, 11) is 0. The highest BCUT2D eigenvalue weighted by Crippen LogP contribution is 2.33. The number of nitrogens with zero attached hydrogens (tertiary/aromatic N) is 2. The minimum Gasteiger partial charge on any atom is -0.369 e. The van der Waals surface area contributed by atoms with Crippen molar-refractivity contribution in [3.05, 3.63) is 22.7 Å². The number of halogens is 1. The Labute approximate surface area is 107 Å². The highest BCUT2D eigenvalue weighted by molar-refractivity contribution is 9.10. The van der Waals surface area contributed by atoms with E-state index in [-0.39, 0.29) is 0 Å². The molecular weight excluding hydrogens is 286 g/mol. The number of hydrogen-bond acceptors (Lipinski definition) is 3. The number of nitrogens with two attached hydrogens (primary N) is 1. The van der Waals surface area contributed by atoms with E-state index in [0.717, 1.165) is 21.3 Å². The lowest BCUT2D eigenvalue weighted by molar-refractivity contribution is 0.583. The van der Waals surface area contributed by atoms with Gasteiger partial charge in [-0.1, -0.05) is 15.9 Å². The number of benzene rings is 1.